The van der Waals surface area contributed by atoms with Crippen LogP contribution < -0.4 is 10.1 Å². The number of nitrogens with one attached hydrogen (secondary N) is 1. The van der Waals surface area contributed by atoms with Gasteiger partial charge in [0.05, 0.1) is 33.0 Å². The van der Waals surface area contributed by atoms with Crippen molar-refractivity contribution in [2.24, 2.45) is 0 Å². The highest BCUT2D eigenvalue weighted by molar-refractivity contribution is 5.22. The Morgan fingerprint density at radius 1 is 1.42 bits per heavy atom. The van der Waals surface area contributed by atoms with Crippen LogP contribution in [0.4, 0.5) is 0 Å². The zero-order valence-electron chi connectivity index (χ0n) is 11.5. The lowest BCUT2D eigenvalue weighted by molar-refractivity contribution is -0.103. The predicted molar refractivity (Wildman–Crippen MR) is 70.2 cm³/mol. The molecule has 0 saturated carbocycles. The number of rotatable bonds is 6. The smallest absolute Gasteiger partial charge is 0.237 e. The molecule has 0 aliphatic carbocycles. The third-order valence-electron chi connectivity index (χ3n) is 3.01. The van der Waals surface area contributed by atoms with E-state index in [1.807, 2.05) is 0 Å². The van der Waals surface area contributed by atoms with Crippen LogP contribution in [0.25, 0.3) is 0 Å². The molecule has 106 valence electrons. The molecule has 0 spiro atoms. The second-order valence-electron chi connectivity index (χ2n) is 4.37. The summed E-state index contributed by atoms with van der Waals surface area (Å²) in [5.74, 6) is 0.533. The molecule has 1 aliphatic rings. The molecule has 1 aromatic heterocycles. The molecule has 1 fully saturated rings. The van der Waals surface area contributed by atoms with Gasteiger partial charge in [-0.3, -0.25) is 4.98 Å². The first-order chi connectivity index (χ1) is 9.36. The molecule has 2 heterocycles. The summed E-state index contributed by atoms with van der Waals surface area (Å²) in [5.41, 5.74) is 0.772. The van der Waals surface area contributed by atoms with Crippen LogP contribution in [0.1, 0.15) is 25.1 Å². The highest BCUT2D eigenvalue weighted by atomic mass is 16.6. The van der Waals surface area contributed by atoms with E-state index < -0.39 is 0 Å². The van der Waals surface area contributed by atoms with Crippen molar-refractivity contribution in [2.75, 3.05) is 33.5 Å². The molecule has 1 saturated heterocycles. The normalized spacial score (nSPS) is 21.1. The lowest BCUT2D eigenvalue weighted by atomic mass is 10.1. The molecule has 6 heteroatoms. The first-order valence-electron chi connectivity index (χ1n) is 6.64. The standard InChI is InChI=1S/C13H21N3O3/c1-3-4-14-11(10-9-18-7-8-19-10)12-13(17-2)16-6-5-15-12/h5-6,10-11,14H,3-4,7-9H2,1-2H3. The van der Waals surface area contributed by atoms with Crippen LogP contribution in [-0.4, -0.2) is 49.5 Å². The van der Waals surface area contributed by atoms with E-state index in [0.717, 1.165) is 18.7 Å². The third kappa shape index (κ3) is 3.62. The fourth-order valence-electron chi connectivity index (χ4n) is 2.11. The SMILES string of the molecule is CCCNC(c1nccnc1OC)C1COCCO1. The number of hydrogen-bond acceptors (Lipinski definition) is 6. The van der Waals surface area contributed by atoms with Crippen LogP contribution in [0.3, 0.4) is 0 Å². The number of aromatic nitrogens is 2. The van der Waals surface area contributed by atoms with Gasteiger partial charge in [0, 0.05) is 12.4 Å². The number of ether oxygens (including phenoxy) is 3. The molecule has 19 heavy (non-hydrogen) atoms. The van der Waals surface area contributed by atoms with Gasteiger partial charge in [-0.1, -0.05) is 6.92 Å². The maximum atomic E-state index is 5.78. The summed E-state index contributed by atoms with van der Waals surface area (Å²) >= 11 is 0. The first-order valence-corrected chi connectivity index (χ1v) is 6.64. The zero-order valence-corrected chi connectivity index (χ0v) is 11.5. The van der Waals surface area contributed by atoms with E-state index >= 15 is 0 Å². The maximum absolute atomic E-state index is 5.78. The molecule has 1 aromatic rings. The largest absolute Gasteiger partial charge is 0.480 e. The molecular formula is C13H21N3O3. The lowest BCUT2D eigenvalue weighted by Gasteiger charge is -2.31. The van der Waals surface area contributed by atoms with Crippen molar-refractivity contribution in [2.45, 2.75) is 25.5 Å². The second-order valence-corrected chi connectivity index (χ2v) is 4.37. The molecule has 1 N–H and O–H groups in total. The Kier molecular flexibility index (Phi) is 5.50. The minimum Gasteiger partial charge on any atom is -0.480 e. The van der Waals surface area contributed by atoms with Crippen LogP contribution in [0, 0.1) is 0 Å². The van der Waals surface area contributed by atoms with Crippen LogP contribution in [0.5, 0.6) is 5.88 Å². The van der Waals surface area contributed by atoms with Gasteiger partial charge in [-0.05, 0) is 13.0 Å². The van der Waals surface area contributed by atoms with Gasteiger partial charge in [0.2, 0.25) is 5.88 Å². The van der Waals surface area contributed by atoms with Gasteiger partial charge >= 0.3 is 0 Å². The molecule has 0 amide bonds. The topological polar surface area (TPSA) is 65.5 Å². The summed E-state index contributed by atoms with van der Waals surface area (Å²) in [6.07, 6.45) is 4.26. The Morgan fingerprint density at radius 2 is 2.26 bits per heavy atom. The molecule has 2 atom stereocenters. The van der Waals surface area contributed by atoms with Gasteiger partial charge in [-0.15, -0.1) is 0 Å². The summed E-state index contributed by atoms with van der Waals surface area (Å²) in [6, 6.07) is -0.0658. The lowest BCUT2D eigenvalue weighted by Crippen LogP contribution is -2.41. The summed E-state index contributed by atoms with van der Waals surface area (Å²) in [7, 11) is 1.60. The van der Waals surface area contributed by atoms with Gasteiger partial charge in [0.1, 0.15) is 11.8 Å². The highest BCUT2D eigenvalue weighted by Gasteiger charge is 2.30. The van der Waals surface area contributed by atoms with Crippen LogP contribution in [0.15, 0.2) is 12.4 Å². The molecule has 0 bridgehead atoms. The fraction of sp³-hybridized carbons (Fsp3) is 0.692. The maximum Gasteiger partial charge on any atom is 0.237 e. The van der Waals surface area contributed by atoms with E-state index in [1.54, 1.807) is 19.5 Å². The van der Waals surface area contributed by atoms with Gasteiger partial charge < -0.3 is 19.5 Å². The van der Waals surface area contributed by atoms with Crippen molar-refractivity contribution >= 4 is 0 Å². The fourth-order valence-corrected chi connectivity index (χ4v) is 2.11. The van der Waals surface area contributed by atoms with Crippen LogP contribution >= 0.6 is 0 Å². The second kappa shape index (κ2) is 7.37. The quantitative estimate of drug-likeness (QED) is 0.827. The van der Waals surface area contributed by atoms with Crippen molar-refractivity contribution in [1.82, 2.24) is 15.3 Å². The molecule has 6 nitrogen and oxygen atoms in total. The molecule has 0 radical (unpaired) electrons. The van der Waals surface area contributed by atoms with E-state index in [1.165, 1.54) is 0 Å². The van der Waals surface area contributed by atoms with Crippen molar-refractivity contribution < 1.29 is 14.2 Å². The average molecular weight is 267 g/mol. The number of methoxy groups -OCH3 is 1. The first kappa shape index (κ1) is 14.2. The van der Waals surface area contributed by atoms with Gasteiger partial charge in [0.25, 0.3) is 0 Å². The van der Waals surface area contributed by atoms with E-state index in [4.69, 9.17) is 14.2 Å². The molecule has 0 aromatic carbocycles. The van der Waals surface area contributed by atoms with Crippen molar-refractivity contribution in [3.8, 4) is 5.88 Å². The Labute approximate surface area is 113 Å². The zero-order chi connectivity index (χ0) is 13.5. The van der Waals surface area contributed by atoms with Gasteiger partial charge in [-0.2, -0.15) is 0 Å². The van der Waals surface area contributed by atoms with E-state index in [9.17, 15) is 0 Å². The Morgan fingerprint density at radius 3 is 2.95 bits per heavy atom. The summed E-state index contributed by atoms with van der Waals surface area (Å²) in [6.45, 7) is 4.81. The van der Waals surface area contributed by atoms with E-state index in [2.05, 4.69) is 22.2 Å². The Balaban J connectivity index is 2.19. The van der Waals surface area contributed by atoms with Gasteiger partial charge in [0.15, 0.2) is 0 Å². The Hall–Kier alpha value is -1.24. The summed E-state index contributed by atoms with van der Waals surface area (Å²) in [5, 5.41) is 3.44. The minimum absolute atomic E-state index is 0.0640. The predicted octanol–water partition coefficient (Wildman–Crippen LogP) is 0.941. The molecule has 2 rings (SSSR count). The van der Waals surface area contributed by atoms with Gasteiger partial charge in [-0.25, -0.2) is 4.98 Å². The van der Waals surface area contributed by atoms with Crippen molar-refractivity contribution in [3.05, 3.63) is 18.1 Å². The van der Waals surface area contributed by atoms with Crippen molar-refractivity contribution in [1.29, 1.82) is 0 Å². The van der Waals surface area contributed by atoms with E-state index in [0.29, 0.717) is 25.7 Å². The van der Waals surface area contributed by atoms with E-state index in [-0.39, 0.29) is 12.1 Å². The molecular weight excluding hydrogens is 246 g/mol. The van der Waals surface area contributed by atoms with Crippen LogP contribution in [0.2, 0.25) is 0 Å². The number of nitrogens with zero attached hydrogens (tertiary/aromatic N) is 2. The average Bonchev–Trinajstić information content (AvgIpc) is 2.49. The molecule has 2 unspecified atom stereocenters. The highest BCUT2D eigenvalue weighted by Crippen LogP contribution is 2.25. The minimum atomic E-state index is -0.0658. The number of hydrogen-bond donors (Lipinski definition) is 1. The molecule has 1 aliphatic heterocycles. The summed E-state index contributed by atoms with van der Waals surface area (Å²) in [4.78, 5) is 8.59. The monoisotopic (exact) mass is 267 g/mol. The van der Waals surface area contributed by atoms with Crippen molar-refractivity contribution in [3.63, 3.8) is 0 Å². The third-order valence-corrected chi connectivity index (χ3v) is 3.01. The van der Waals surface area contributed by atoms with Crippen LogP contribution in [-0.2, 0) is 9.47 Å². The summed E-state index contributed by atoms with van der Waals surface area (Å²) < 4.78 is 16.6. The Bertz CT molecular complexity index is 383.